The lowest BCUT2D eigenvalue weighted by Gasteiger charge is -2.26. The maximum absolute atomic E-state index is 13.5. The Morgan fingerprint density at radius 1 is 1.24 bits per heavy atom. The number of fused-ring (bicyclic) bond motifs is 1. The Hall–Kier alpha value is -1.39. The van der Waals surface area contributed by atoms with Crippen LogP contribution in [0.15, 0.2) is 24.4 Å². The Morgan fingerprint density at radius 2 is 2.05 bits per heavy atom. The van der Waals surface area contributed by atoms with Crippen molar-refractivity contribution in [3.05, 3.63) is 35.8 Å². The van der Waals surface area contributed by atoms with E-state index in [0.717, 1.165) is 63.1 Å². The molecule has 1 saturated heterocycles. The van der Waals surface area contributed by atoms with E-state index in [2.05, 4.69) is 22.6 Å². The van der Waals surface area contributed by atoms with E-state index >= 15 is 0 Å². The Balaban J connectivity index is 1.69. The molecule has 2 heterocycles. The number of aryl methyl sites for hydroxylation is 2. The molecule has 1 fully saturated rings. The molecule has 0 unspecified atom stereocenters. The van der Waals surface area contributed by atoms with Gasteiger partial charge in [-0.05, 0) is 50.1 Å². The van der Waals surface area contributed by atoms with E-state index < -0.39 is 0 Å². The molecule has 0 aliphatic carbocycles. The van der Waals surface area contributed by atoms with E-state index in [1.807, 2.05) is 6.07 Å². The van der Waals surface area contributed by atoms with Gasteiger partial charge in [-0.2, -0.15) is 0 Å². The van der Waals surface area contributed by atoms with Crippen LogP contribution >= 0.6 is 0 Å². The fourth-order valence-corrected chi connectivity index (χ4v) is 3.12. The molecular formula is C17H23FN2O. The first-order valence-corrected chi connectivity index (χ1v) is 7.85. The number of halogens is 1. The quantitative estimate of drug-likeness (QED) is 0.842. The molecule has 0 radical (unpaired) electrons. The summed E-state index contributed by atoms with van der Waals surface area (Å²) in [7, 11) is 0. The standard InChI is InChI=1S/C17H23FN2O/c1-2-20-13-14(16-12-15(18)5-6-17(16)20)4-3-7-19-8-10-21-11-9-19/h5-6,12-13H,2-4,7-11H2,1H3. The Kier molecular flexibility index (Phi) is 4.56. The van der Waals surface area contributed by atoms with Crippen molar-refractivity contribution < 1.29 is 9.13 Å². The number of benzene rings is 1. The Bertz CT molecular complexity index is 602. The third-order valence-corrected chi connectivity index (χ3v) is 4.29. The van der Waals surface area contributed by atoms with Crippen molar-refractivity contribution in [3.63, 3.8) is 0 Å². The largest absolute Gasteiger partial charge is 0.379 e. The monoisotopic (exact) mass is 290 g/mol. The van der Waals surface area contributed by atoms with Gasteiger partial charge < -0.3 is 9.30 Å². The molecule has 114 valence electrons. The zero-order chi connectivity index (χ0) is 14.7. The zero-order valence-corrected chi connectivity index (χ0v) is 12.6. The van der Waals surface area contributed by atoms with Crippen LogP contribution in [0, 0.1) is 5.82 Å². The predicted molar refractivity (Wildman–Crippen MR) is 83.2 cm³/mol. The average molecular weight is 290 g/mol. The smallest absolute Gasteiger partial charge is 0.123 e. The van der Waals surface area contributed by atoms with Crippen molar-refractivity contribution in [3.8, 4) is 0 Å². The third kappa shape index (κ3) is 3.27. The summed E-state index contributed by atoms with van der Waals surface area (Å²) in [5.41, 5.74) is 2.40. The van der Waals surface area contributed by atoms with Crippen LogP contribution in [-0.4, -0.2) is 42.3 Å². The molecule has 4 heteroatoms. The van der Waals surface area contributed by atoms with Gasteiger partial charge in [0.2, 0.25) is 0 Å². The lowest BCUT2D eigenvalue weighted by atomic mass is 10.1. The average Bonchev–Trinajstić information content (AvgIpc) is 2.86. The number of aromatic nitrogens is 1. The molecular weight excluding hydrogens is 267 g/mol. The van der Waals surface area contributed by atoms with E-state index in [0.29, 0.717) is 0 Å². The first-order valence-electron chi connectivity index (χ1n) is 7.85. The predicted octanol–water partition coefficient (Wildman–Crippen LogP) is 3.07. The Morgan fingerprint density at radius 3 is 2.81 bits per heavy atom. The summed E-state index contributed by atoms with van der Waals surface area (Å²) < 4.78 is 21.1. The van der Waals surface area contributed by atoms with Gasteiger partial charge in [0.1, 0.15) is 5.82 Å². The van der Waals surface area contributed by atoms with E-state index in [1.165, 1.54) is 5.56 Å². The van der Waals surface area contributed by atoms with Crippen LogP contribution in [0.25, 0.3) is 10.9 Å². The summed E-state index contributed by atoms with van der Waals surface area (Å²) in [4.78, 5) is 2.45. The molecule has 0 bridgehead atoms. The maximum Gasteiger partial charge on any atom is 0.123 e. The lowest BCUT2D eigenvalue weighted by molar-refractivity contribution is 0.0375. The minimum Gasteiger partial charge on any atom is -0.379 e. The highest BCUT2D eigenvalue weighted by Crippen LogP contribution is 2.24. The van der Waals surface area contributed by atoms with Gasteiger partial charge in [-0.3, -0.25) is 4.90 Å². The molecule has 1 aliphatic heterocycles. The summed E-state index contributed by atoms with van der Waals surface area (Å²) in [5.74, 6) is -0.147. The molecule has 3 rings (SSSR count). The second kappa shape index (κ2) is 6.58. The number of ether oxygens (including phenoxy) is 1. The Labute approximate surface area is 125 Å². The van der Waals surface area contributed by atoms with Crippen LogP contribution in [0.5, 0.6) is 0 Å². The van der Waals surface area contributed by atoms with Crippen LogP contribution < -0.4 is 0 Å². The van der Waals surface area contributed by atoms with Crippen molar-refractivity contribution in [2.45, 2.75) is 26.3 Å². The topological polar surface area (TPSA) is 17.4 Å². The second-order valence-electron chi connectivity index (χ2n) is 5.66. The van der Waals surface area contributed by atoms with Crippen LogP contribution in [0.4, 0.5) is 4.39 Å². The number of nitrogens with zero attached hydrogens (tertiary/aromatic N) is 2. The van der Waals surface area contributed by atoms with Crippen LogP contribution in [0.2, 0.25) is 0 Å². The molecule has 1 aromatic carbocycles. The summed E-state index contributed by atoms with van der Waals surface area (Å²) in [6.07, 6.45) is 4.30. The highest BCUT2D eigenvalue weighted by molar-refractivity contribution is 5.84. The summed E-state index contributed by atoms with van der Waals surface area (Å²) >= 11 is 0. The first-order chi connectivity index (χ1) is 10.3. The maximum atomic E-state index is 13.5. The molecule has 2 aromatic rings. The first kappa shape index (κ1) is 14.5. The third-order valence-electron chi connectivity index (χ3n) is 4.29. The molecule has 0 N–H and O–H groups in total. The molecule has 1 aliphatic rings. The minimum absolute atomic E-state index is 0.147. The molecule has 0 atom stereocenters. The molecule has 21 heavy (non-hydrogen) atoms. The normalized spacial score (nSPS) is 16.7. The fraction of sp³-hybridized carbons (Fsp3) is 0.529. The lowest BCUT2D eigenvalue weighted by Crippen LogP contribution is -2.36. The minimum atomic E-state index is -0.147. The van der Waals surface area contributed by atoms with Gasteiger partial charge in [0.25, 0.3) is 0 Å². The van der Waals surface area contributed by atoms with Gasteiger partial charge in [0.15, 0.2) is 0 Å². The number of hydrogen-bond acceptors (Lipinski definition) is 2. The van der Waals surface area contributed by atoms with Gasteiger partial charge in [-0.25, -0.2) is 4.39 Å². The van der Waals surface area contributed by atoms with Crippen LogP contribution in [0.1, 0.15) is 18.9 Å². The summed E-state index contributed by atoms with van der Waals surface area (Å²) in [5, 5.41) is 1.07. The molecule has 3 nitrogen and oxygen atoms in total. The van der Waals surface area contributed by atoms with E-state index in [9.17, 15) is 4.39 Å². The van der Waals surface area contributed by atoms with Gasteiger partial charge in [-0.15, -0.1) is 0 Å². The van der Waals surface area contributed by atoms with Crippen molar-refractivity contribution in [2.24, 2.45) is 0 Å². The van der Waals surface area contributed by atoms with Crippen LogP contribution in [-0.2, 0) is 17.7 Å². The SMILES string of the molecule is CCn1cc(CCCN2CCOCC2)c2cc(F)ccc21. The number of rotatable bonds is 5. The summed E-state index contributed by atoms with van der Waals surface area (Å²) in [6.45, 7) is 7.90. The highest BCUT2D eigenvalue weighted by Gasteiger charge is 2.12. The van der Waals surface area contributed by atoms with E-state index in [1.54, 1.807) is 12.1 Å². The number of hydrogen-bond donors (Lipinski definition) is 0. The fourth-order valence-electron chi connectivity index (χ4n) is 3.12. The van der Waals surface area contributed by atoms with Crippen molar-refractivity contribution in [1.82, 2.24) is 9.47 Å². The van der Waals surface area contributed by atoms with Crippen LogP contribution in [0.3, 0.4) is 0 Å². The molecule has 0 amide bonds. The second-order valence-corrected chi connectivity index (χ2v) is 5.66. The molecule has 1 aromatic heterocycles. The van der Waals surface area contributed by atoms with Crippen molar-refractivity contribution in [2.75, 3.05) is 32.8 Å². The van der Waals surface area contributed by atoms with Crippen molar-refractivity contribution >= 4 is 10.9 Å². The zero-order valence-electron chi connectivity index (χ0n) is 12.6. The van der Waals surface area contributed by atoms with E-state index in [-0.39, 0.29) is 5.82 Å². The summed E-state index contributed by atoms with van der Waals surface area (Å²) in [6, 6.07) is 5.11. The van der Waals surface area contributed by atoms with Gasteiger partial charge in [-0.1, -0.05) is 0 Å². The van der Waals surface area contributed by atoms with Crippen molar-refractivity contribution in [1.29, 1.82) is 0 Å². The van der Waals surface area contributed by atoms with Gasteiger partial charge >= 0.3 is 0 Å². The molecule has 0 spiro atoms. The van der Waals surface area contributed by atoms with Gasteiger partial charge in [0.05, 0.1) is 13.2 Å². The van der Waals surface area contributed by atoms with E-state index in [4.69, 9.17) is 4.74 Å². The number of morpholine rings is 1. The molecule has 0 saturated carbocycles. The van der Waals surface area contributed by atoms with Gasteiger partial charge in [0, 0.05) is 36.7 Å². The highest BCUT2D eigenvalue weighted by atomic mass is 19.1.